The van der Waals surface area contributed by atoms with E-state index < -0.39 is 0 Å². The first-order chi connectivity index (χ1) is 15.7. The van der Waals surface area contributed by atoms with Gasteiger partial charge in [0, 0.05) is 34.4 Å². The van der Waals surface area contributed by atoms with Gasteiger partial charge in [-0.25, -0.2) is 9.97 Å². The van der Waals surface area contributed by atoms with Gasteiger partial charge in [0.15, 0.2) is 0 Å². The molecule has 1 N–H and O–H groups in total. The third kappa shape index (κ3) is 4.11. The molecule has 9 heteroatoms. The van der Waals surface area contributed by atoms with Gasteiger partial charge in [-0.15, -0.1) is 0 Å². The molecule has 0 radical (unpaired) electrons. The van der Waals surface area contributed by atoms with Gasteiger partial charge in [0.05, 0.1) is 18.1 Å². The molecule has 1 aliphatic heterocycles. The van der Waals surface area contributed by atoms with Crippen molar-refractivity contribution in [3.05, 3.63) is 54.6 Å². The number of aromatic nitrogens is 6. The van der Waals surface area contributed by atoms with Gasteiger partial charge in [0.25, 0.3) is 6.47 Å². The van der Waals surface area contributed by atoms with Gasteiger partial charge in [-0.2, -0.15) is 15.0 Å². The van der Waals surface area contributed by atoms with Gasteiger partial charge >= 0.3 is 0 Å². The molecule has 33 heavy (non-hydrogen) atoms. The number of hydrogen-bond acceptors (Lipinski definition) is 7. The van der Waals surface area contributed by atoms with E-state index in [0.717, 1.165) is 29.8 Å². The van der Waals surface area contributed by atoms with E-state index in [1.165, 1.54) is 4.80 Å². The summed E-state index contributed by atoms with van der Waals surface area (Å²) in [5.74, 6) is 1.15. The minimum Gasteiger partial charge on any atom is -0.409 e. The van der Waals surface area contributed by atoms with E-state index in [-0.39, 0.29) is 11.1 Å². The molecule has 1 aromatic carbocycles. The normalized spacial score (nSPS) is 17.8. The molecule has 4 aromatic rings. The predicted octanol–water partition coefficient (Wildman–Crippen LogP) is 3.54. The summed E-state index contributed by atoms with van der Waals surface area (Å²) in [6.45, 7) is 9.33. The highest BCUT2D eigenvalue weighted by Gasteiger charge is 2.38. The lowest BCUT2D eigenvalue weighted by Gasteiger charge is -2.46. The monoisotopic (exact) mass is 445 g/mol. The number of rotatable bonds is 5. The third-order valence-corrected chi connectivity index (χ3v) is 6.03. The molecular formula is C24H27N7O2. The van der Waals surface area contributed by atoms with Crippen LogP contribution < -0.4 is 10.1 Å². The molecule has 0 saturated carbocycles. The van der Waals surface area contributed by atoms with Gasteiger partial charge < -0.3 is 10.1 Å². The van der Waals surface area contributed by atoms with Gasteiger partial charge in [0.1, 0.15) is 5.69 Å². The number of ether oxygens (including phenoxy) is 1. The van der Waals surface area contributed by atoms with E-state index >= 15 is 0 Å². The maximum atomic E-state index is 11.3. The van der Waals surface area contributed by atoms with Crippen molar-refractivity contribution < 1.29 is 9.53 Å². The number of fused-ring (bicyclic) bond motifs is 1. The van der Waals surface area contributed by atoms with Crippen LogP contribution in [-0.4, -0.2) is 46.9 Å². The average molecular weight is 446 g/mol. The Morgan fingerprint density at radius 3 is 2.30 bits per heavy atom. The Kier molecular flexibility index (Phi) is 5.01. The number of carbonyl (C=O) groups excluding carboxylic acids is 1. The van der Waals surface area contributed by atoms with Crippen LogP contribution in [0.4, 0.5) is 0 Å². The summed E-state index contributed by atoms with van der Waals surface area (Å²) >= 11 is 0. The third-order valence-electron chi connectivity index (χ3n) is 6.03. The maximum absolute atomic E-state index is 11.3. The molecule has 5 rings (SSSR count). The number of hydrogen-bond donors (Lipinski definition) is 1. The number of piperidine rings is 1. The van der Waals surface area contributed by atoms with Gasteiger partial charge in [-0.1, -0.05) is 12.1 Å². The van der Waals surface area contributed by atoms with E-state index in [1.54, 1.807) is 16.8 Å². The SMILES string of the molecule is CC1(C)CC(c2ccn3c(OC=O)c(-c4ccc(-n5nccn5)cc4)nc3n2)CC(C)(C)N1. The number of nitrogens with one attached hydrogen (secondary N) is 1. The molecular weight excluding hydrogens is 418 g/mol. The van der Waals surface area contributed by atoms with Crippen molar-refractivity contribution in [2.24, 2.45) is 0 Å². The summed E-state index contributed by atoms with van der Waals surface area (Å²) in [5, 5.41) is 12.0. The number of carbonyl (C=O) groups is 1. The lowest BCUT2D eigenvalue weighted by atomic mass is 9.74. The molecule has 9 nitrogen and oxygen atoms in total. The lowest BCUT2D eigenvalue weighted by Crippen LogP contribution is -2.57. The van der Waals surface area contributed by atoms with Crippen molar-refractivity contribution in [1.82, 2.24) is 34.7 Å². The minimum absolute atomic E-state index is 0.0117. The topological polar surface area (TPSA) is 99.2 Å². The molecule has 3 aromatic heterocycles. The smallest absolute Gasteiger partial charge is 0.299 e. The van der Waals surface area contributed by atoms with Crippen molar-refractivity contribution in [2.45, 2.75) is 57.5 Å². The molecule has 1 fully saturated rings. The first-order valence-corrected chi connectivity index (χ1v) is 11.0. The van der Waals surface area contributed by atoms with Crippen LogP contribution in [-0.2, 0) is 4.79 Å². The van der Waals surface area contributed by atoms with Crippen molar-refractivity contribution in [3.63, 3.8) is 0 Å². The molecule has 170 valence electrons. The molecule has 1 saturated heterocycles. The van der Waals surface area contributed by atoms with Crippen LogP contribution >= 0.6 is 0 Å². The van der Waals surface area contributed by atoms with Crippen LogP contribution in [0.5, 0.6) is 5.88 Å². The zero-order valence-electron chi connectivity index (χ0n) is 19.2. The summed E-state index contributed by atoms with van der Waals surface area (Å²) in [7, 11) is 0. The lowest BCUT2D eigenvalue weighted by molar-refractivity contribution is -0.120. The molecule has 4 heterocycles. The van der Waals surface area contributed by atoms with Gasteiger partial charge in [-0.3, -0.25) is 9.20 Å². The molecule has 0 aliphatic carbocycles. The fourth-order valence-corrected chi connectivity index (χ4v) is 5.13. The van der Waals surface area contributed by atoms with Crippen LogP contribution in [0.25, 0.3) is 22.7 Å². The Morgan fingerprint density at radius 1 is 1.00 bits per heavy atom. The highest BCUT2D eigenvalue weighted by Crippen LogP contribution is 2.39. The maximum Gasteiger partial charge on any atom is 0.299 e. The molecule has 0 atom stereocenters. The minimum atomic E-state index is 0.0117. The van der Waals surface area contributed by atoms with Crippen LogP contribution in [0.1, 0.15) is 52.1 Å². The Labute approximate surface area is 191 Å². The summed E-state index contributed by atoms with van der Waals surface area (Å²) < 4.78 is 7.05. The van der Waals surface area contributed by atoms with Crippen molar-refractivity contribution >= 4 is 12.2 Å². The van der Waals surface area contributed by atoms with E-state index in [2.05, 4.69) is 43.2 Å². The Bertz CT molecular complexity index is 1270. The number of imidazole rings is 1. The molecule has 0 unspecified atom stereocenters. The molecule has 0 amide bonds. The first kappa shape index (κ1) is 21.3. The van der Waals surface area contributed by atoms with Crippen LogP contribution in [0.15, 0.2) is 48.9 Å². The molecule has 1 aliphatic rings. The van der Waals surface area contributed by atoms with Crippen LogP contribution in [0, 0.1) is 0 Å². The second-order valence-corrected chi connectivity index (χ2v) is 9.87. The van der Waals surface area contributed by atoms with Crippen molar-refractivity contribution in [3.8, 4) is 22.8 Å². The predicted molar refractivity (Wildman–Crippen MR) is 123 cm³/mol. The van der Waals surface area contributed by atoms with E-state index in [4.69, 9.17) is 14.7 Å². The largest absolute Gasteiger partial charge is 0.409 e. The average Bonchev–Trinajstić information content (AvgIpc) is 3.40. The quantitative estimate of drug-likeness (QED) is 0.469. The summed E-state index contributed by atoms with van der Waals surface area (Å²) in [6, 6.07) is 9.59. The second kappa shape index (κ2) is 7.77. The Morgan fingerprint density at radius 2 is 1.67 bits per heavy atom. The molecule has 0 spiro atoms. The van der Waals surface area contributed by atoms with Crippen LogP contribution in [0.2, 0.25) is 0 Å². The fraction of sp³-hybridized carbons (Fsp3) is 0.375. The van der Waals surface area contributed by atoms with Gasteiger partial charge in [-0.05, 0) is 58.7 Å². The van der Waals surface area contributed by atoms with E-state index in [9.17, 15) is 4.79 Å². The van der Waals surface area contributed by atoms with Crippen molar-refractivity contribution in [1.29, 1.82) is 0 Å². The summed E-state index contributed by atoms with van der Waals surface area (Å²) in [5.41, 5.74) is 3.20. The fourth-order valence-electron chi connectivity index (χ4n) is 5.13. The summed E-state index contributed by atoms with van der Waals surface area (Å²) in [4.78, 5) is 22.4. The zero-order chi connectivity index (χ0) is 23.2. The molecule has 0 bridgehead atoms. The Hall–Kier alpha value is -3.59. The van der Waals surface area contributed by atoms with Crippen LogP contribution in [0.3, 0.4) is 0 Å². The number of benzene rings is 1. The highest BCUT2D eigenvalue weighted by molar-refractivity contribution is 5.71. The van der Waals surface area contributed by atoms with E-state index in [1.807, 2.05) is 36.5 Å². The van der Waals surface area contributed by atoms with Gasteiger partial charge in [0.2, 0.25) is 11.7 Å². The highest BCUT2D eigenvalue weighted by atomic mass is 16.5. The summed E-state index contributed by atoms with van der Waals surface area (Å²) in [6.07, 6.45) is 7.10. The second-order valence-electron chi connectivity index (χ2n) is 9.87. The zero-order valence-corrected chi connectivity index (χ0v) is 19.2. The number of nitrogens with zero attached hydrogens (tertiary/aromatic N) is 6. The Balaban J connectivity index is 1.54. The first-order valence-electron chi connectivity index (χ1n) is 11.0. The van der Waals surface area contributed by atoms with E-state index in [0.29, 0.717) is 29.7 Å². The standard InChI is InChI=1S/C24H27N7O2/c1-23(2)13-17(14-24(3,4)29-23)19-9-12-30-21(33-15-32)20(28-22(30)27-19)16-5-7-18(8-6-16)31-25-10-11-26-31/h5-12,15,17,29H,13-14H2,1-4H3. The van der Waals surface area contributed by atoms with Crippen molar-refractivity contribution in [2.75, 3.05) is 0 Å².